The monoisotopic (exact) mass is 696 g/mol. The number of nitrogens with one attached hydrogen (secondary N) is 3. The second-order valence-corrected chi connectivity index (χ2v) is 13.1. The van der Waals surface area contributed by atoms with Crippen molar-refractivity contribution in [1.82, 2.24) is 24.7 Å². The summed E-state index contributed by atoms with van der Waals surface area (Å²) in [6.07, 6.45) is 1.72. The number of rotatable bonds is 9. The maximum absolute atomic E-state index is 13.2. The lowest BCUT2D eigenvalue weighted by Gasteiger charge is -2.19. The van der Waals surface area contributed by atoms with Crippen molar-refractivity contribution in [2.45, 2.75) is 38.6 Å². The van der Waals surface area contributed by atoms with Crippen LogP contribution in [0.4, 0.5) is 26.9 Å². The summed E-state index contributed by atoms with van der Waals surface area (Å²) in [5, 5.41) is 14.7. The van der Waals surface area contributed by atoms with Crippen molar-refractivity contribution < 1.29 is 23.9 Å². The zero-order valence-electron chi connectivity index (χ0n) is 27.5. The van der Waals surface area contributed by atoms with E-state index in [9.17, 15) is 9.59 Å². The van der Waals surface area contributed by atoms with Crippen LogP contribution in [0.1, 0.15) is 32.9 Å². The minimum Gasteiger partial charge on any atom is -0.497 e. The van der Waals surface area contributed by atoms with Crippen molar-refractivity contribution >= 4 is 52.6 Å². The Morgan fingerprint density at radius 2 is 1.71 bits per heavy atom. The maximum atomic E-state index is 13.2. The van der Waals surface area contributed by atoms with Crippen LogP contribution >= 0.6 is 23.2 Å². The number of anilines is 3. The summed E-state index contributed by atoms with van der Waals surface area (Å²) in [7, 11) is 5.58. The van der Waals surface area contributed by atoms with Gasteiger partial charge in [0.2, 0.25) is 0 Å². The van der Waals surface area contributed by atoms with Crippen LogP contribution in [0.2, 0.25) is 10.0 Å². The molecule has 0 radical (unpaired) electrons. The fourth-order valence-corrected chi connectivity index (χ4v) is 5.27. The van der Waals surface area contributed by atoms with E-state index in [0.717, 1.165) is 17.8 Å². The first-order valence-corrected chi connectivity index (χ1v) is 15.9. The average molecular weight is 698 g/mol. The number of amides is 3. The molecule has 254 valence electrons. The Balaban J connectivity index is 1.24. The minimum absolute atomic E-state index is 0.0704. The number of hydroxylamine groups is 2. The molecule has 0 saturated carbocycles. The van der Waals surface area contributed by atoms with Gasteiger partial charge >= 0.3 is 12.1 Å². The molecule has 3 amide bonds. The van der Waals surface area contributed by atoms with Gasteiger partial charge in [0.1, 0.15) is 33.9 Å². The van der Waals surface area contributed by atoms with Gasteiger partial charge in [-0.3, -0.25) is 10.6 Å². The van der Waals surface area contributed by atoms with E-state index in [-0.39, 0.29) is 32.7 Å². The van der Waals surface area contributed by atoms with Gasteiger partial charge in [0.15, 0.2) is 0 Å². The molecule has 2 aromatic heterocycles. The number of hydrogen-bond acceptors (Lipinski definition) is 9. The van der Waals surface area contributed by atoms with Crippen molar-refractivity contribution in [2.24, 2.45) is 0 Å². The third-order valence-corrected chi connectivity index (χ3v) is 8.45. The molecular formula is C33H38Cl2N8O5. The van der Waals surface area contributed by atoms with E-state index in [2.05, 4.69) is 25.8 Å². The summed E-state index contributed by atoms with van der Waals surface area (Å²) in [5.74, 6) is 1.94. The van der Waals surface area contributed by atoms with Crippen LogP contribution in [0.15, 0.2) is 60.8 Å². The van der Waals surface area contributed by atoms with Gasteiger partial charge in [-0.05, 0) is 63.0 Å². The Kier molecular flexibility index (Phi) is 10.6. The second kappa shape index (κ2) is 14.7. The summed E-state index contributed by atoms with van der Waals surface area (Å²) in [6.45, 7) is 7.38. The Morgan fingerprint density at radius 3 is 2.38 bits per heavy atom. The van der Waals surface area contributed by atoms with Crippen molar-refractivity contribution in [1.29, 1.82) is 0 Å². The molecule has 1 saturated heterocycles. The maximum Gasteiger partial charge on any atom is 0.431 e. The topological polar surface area (TPSA) is 135 Å². The molecule has 13 nitrogen and oxygen atoms in total. The standard InChI is InChI=1S/C33H38Cl2N8O5/c1-33(2,3)26-18-28(43(40-26)20-7-9-22(46-6)10-8-20)39-31(44)37-24-11-12-25(30(35)29(24)34)47-23-13-15-36-27(17-23)38-32(45)48-42-16-14-21(19-42)41(4)5/h7-13,15,17-18,21H,14,16,19H2,1-6H3,(H,36,38,45)(H2,37,39,44)/t21-/m1/s1. The molecule has 1 fully saturated rings. The molecule has 0 unspecified atom stereocenters. The fourth-order valence-electron chi connectivity index (χ4n) is 4.86. The summed E-state index contributed by atoms with van der Waals surface area (Å²) in [6, 6.07) is 15.2. The zero-order chi connectivity index (χ0) is 34.6. The number of aromatic nitrogens is 3. The molecule has 4 aromatic rings. The number of benzene rings is 2. The van der Waals surface area contributed by atoms with Gasteiger partial charge in [0.05, 0.1) is 35.7 Å². The lowest BCUT2D eigenvalue weighted by Crippen LogP contribution is -2.33. The number of likely N-dealkylation sites (N-methyl/N-ethyl adjacent to an activating group) is 1. The summed E-state index contributed by atoms with van der Waals surface area (Å²) in [4.78, 5) is 37.3. The average Bonchev–Trinajstić information content (AvgIpc) is 3.69. The third kappa shape index (κ3) is 8.47. The number of urea groups is 1. The number of methoxy groups -OCH3 is 1. The summed E-state index contributed by atoms with van der Waals surface area (Å²) < 4.78 is 12.9. The van der Waals surface area contributed by atoms with Crippen molar-refractivity contribution in [3.05, 3.63) is 76.5 Å². The molecule has 1 atom stereocenters. The lowest BCUT2D eigenvalue weighted by molar-refractivity contribution is -0.0775. The molecule has 2 aromatic carbocycles. The SMILES string of the molecule is COc1ccc(-n2nc(C(C)(C)C)cc2NC(=O)Nc2ccc(Oc3ccnc(NC(=O)ON4CC[C@@H](N(C)C)C4)c3)c(Cl)c2Cl)cc1. The van der Waals surface area contributed by atoms with Gasteiger partial charge in [-0.25, -0.2) is 19.3 Å². The van der Waals surface area contributed by atoms with Crippen molar-refractivity contribution in [3.63, 3.8) is 0 Å². The molecule has 1 aliphatic rings. The molecule has 0 spiro atoms. The van der Waals surface area contributed by atoms with Gasteiger partial charge in [0.25, 0.3) is 0 Å². The van der Waals surface area contributed by atoms with Gasteiger partial charge in [-0.15, -0.1) is 5.06 Å². The van der Waals surface area contributed by atoms with Crippen LogP contribution in [0.3, 0.4) is 0 Å². The van der Waals surface area contributed by atoms with Crippen LogP contribution < -0.4 is 25.4 Å². The Labute approximate surface area is 289 Å². The highest BCUT2D eigenvalue weighted by Gasteiger charge is 2.27. The van der Waals surface area contributed by atoms with Gasteiger partial charge in [-0.2, -0.15) is 5.10 Å². The minimum atomic E-state index is -0.657. The molecule has 5 rings (SSSR count). The van der Waals surface area contributed by atoms with Crippen LogP contribution in [0.25, 0.3) is 5.69 Å². The number of hydrogen-bond donors (Lipinski definition) is 3. The van der Waals surface area contributed by atoms with E-state index in [1.807, 2.05) is 65.2 Å². The predicted molar refractivity (Wildman–Crippen MR) is 186 cm³/mol. The quantitative estimate of drug-likeness (QED) is 0.163. The first-order chi connectivity index (χ1) is 22.8. The van der Waals surface area contributed by atoms with Gasteiger partial charge < -0.3 is 24.5 Å². The first-order valence-electron chi connectivity index (χ1n) is 15.2. The van der Waals surface area contributed by atoms with E-state index in [1.54, 1.807) is 35.1 Å². The van der Waals surface area contributed by atoms with Gasteiger partial charge in [0, 0.05) is 36.3 Å². The number of carbonyl (C=O) groups excluding carboxylic acids is 2. The third-order valence-electron chi connectivity index (χ3n) is 7.59. The van der Waals surface area contributed by atoms with E-state index in [1.165, 1.54) is 12.3 Å². The highest BCUT2D eigenvalue weighted by molar-refractivity contribution is 6.45. The second-order valence-electron chi connectivity index (χ2n) is 12.4. The van der Waals surface area contributed by atoms with Crippen LogP contribution in [-0.2, 0) is 10.3 Å². The lowest BCUT2D eigenvalue weighted by atomic mass is 9.92. The molecule has 1 aliphatic heterocycles. The highest BCUT2D eigenvalue weighted by atomic mass is 35.5. The normalized spacial score (nSPS) is 14.9. The molecule has 15 heteroatoms. The molecular weight excluding hydrogens is 659 g/mol. The van der Waals surface area contributed by atoms with E-state index >= 15 is 0 Å². The number of carbonyl (C=O) groups is 2. The number of nitrogens with zero attached hydrogens (tertiary/aromatic N) is 5. The fraction of sp³-hybridized carbons (Fsp3) is 0.333. The number of ether oxygens (including phenoxy) is 2. The Bertz CT molecular complexity index is 1770. The highest BCUT2D eigenvalue weighted by Crippen LogP contribution is 2.40. The van der Waals surface area contributed by atoms with Crippen molar-refractivity contribution in [2.75, 3.05) is 50.2 Å². The number of pyridine rings is 1. The predicted octanol–water partition coefficient (Wildman–Crippen LogP) is 7.42. The zero-order valence-corrected chi connectivity index (χ0v) is 29.0. The molecule has 0 aliphatic carbocycles. The van der Waals surface area contributed by atoms with Crippen molar-refractivity contribution in [3.8, 4) is 22.9 Å². The molecule has 3 heterocycles. The van der Waals surface area contributed by atoms with E-state index in [0.29, 0.717) is 36.4 Å². The molecule has 3 N–H and O–H groups in total. The van der Waals surface area contributed by atoms with Gasteiger partial charge in [-0.1, -0.05) is 44.0 Å². The largest absolute Gasteiger partial charge is 0.497 e. The summed E-state index contributed by atoms with van der Waals surface area (Å²) in [5.41, 5.74) is 1.51. The smallest absolute Gasteiger partial charge is 0.431 e. The molecule has 48 heavy (non-hydrogen) atoms. The van der Waals surface area contributed by atoms with E-state index in [4.69, 9.17) is 42.6 Å². The van der Waals surface area contributed by atoms with Crippen LogP contribution in [-0.4, -0.2) is 77.2 Å². The Hall–Kier alpha value is -4.56. The molecule has 0 bridgehead atoms. The van der Waals surface area contributed by atoms with E-state index < -0.39 is 12.1 Å². The Morgan fingerprint density at radius 1 is 0.958 bits per heavy atom. The number of halogens is 2. The van der Waals surface area contributed by atoms with Crippen LogP contribution in [0, 0.1) is 0 Å². The summed E-state index contributed by atoms with van der Waals surface area (Å²) >= 11 is 13.1. The van der Waals surface area contributed by atoms with Crippen LogP contribution in [0.5, 0.6) is 17.2 Å². The first kappa shape index (κ1) is 34.8.